The Morgan fingerprint density at radius 3 is 2.68 bits per heavy atom. The molecule has 0 aromatic heterocycles. The lowest BCUT2D eigenvalue weighted by Crippen LogP contribution is -2.43. The van der Waals surface area contributed by atoms with Gasteiger partial charge in [-0.05, 0) is 12.3 Å². The maximum Gasteiger partial charge on any atom is 0.327 e. The number of amides is 2. The Balaban J connectivity index is 1.72. The number of carboxylic acids is 1. The summed E-state index contributed by atoms with van der Waals surface area (Å²) in [6.07, 6.45) is 1.08. The maximum atomic E-state index is 11.9. The summed E-state index contributed by atoms with van der Waals surface area (Å²) in [5, 5.41) is 11.7. The third-order valence-electron chi connectivity index (χ3n) is 3.57. The second-order valence-electron chi connectivity index (χ2n) is 5.08. The van der Waals surface area contributed by atoms with E-state index in [1.54, 1.807) is 0 Å². The largest absolute Gasteiger partial charge is 0.480 e. The van der Waals surface area contributed by atoms with Gasteiger partial charge in [0.15, 0.2) is 0 Å². The topological polar surface area (TPSA) is 86.7 Å². The van der Waals surface area contributed by atoms with Gasteiger partial charge < -0.3 is 15.3 Å². The molecule has 1 heterocycles. The lowest BCUT2D eigenvalue weighted by atomic mass is 10.2. The minimum Gasteiger partial charge on any atom is -0.480 e. The van der Waals surface area contributed by atoms with Crippen LogP contribution < -0.4 is 5.32 Å². The molecule has 0 aromatic rings. The van der Waals surface area contributed by atoms with Crippen molar-refractivity contribution in [2.75, 3.05) is 18.2 Å². The van der Waals surface area contributed by atoms with Crippen LogP contribution in [0.15, 0.2) is 0 Å². The van der Waals surface area contributed by atoms with Crippen LogP contribution in [-0.2, 0) is 14.4 Å². The number of carboxylic acid groups (broad SMARTS) is 1. The number of hydrogen-bond acceptors (Lipinski definition) is 4. The van der Waals surface area contributed by atoms with Gasteiger partial charge in [0, 0.05) is 24.6 Å². The number of aliphatic carboxylic acids is 1. The number of carbonyl (C=O) groups excluding carboxylic acids is 2. The Kier molecular flexibility index (Phi) is 4.34. The summed E-state index contributed by atoms with van der Waals surface area (Å²) >= 11 is 1.44. The van der Waals surface area contributed by atoms with Crippen molar-refractivity contribution in [3.05, 3.63) is 0 Å². The molecule has 2 fully saturated rings. The van der Waals surface area contributed by atoms with Crippen LogP contribution in [0.4, 0.5) is 0 Å². The molecule has 0 spiro atoms. The van der Waals surface area contributed by atoms with E-state index >= 15 is 0 Å². The standard InChI is InChI=1S/C12H18N2O4S/c1-7-4-8(7)11(16)13-3-2-10(15)14-6-19-5-9(14)12(17)18/h7-9H,2-6H2,1H3,(H,13,16)(H,17,18). The summed E-state index contributed by atoms with van der Waals surface area (Å²) in [7, 11) is 0. The van der Waals surface area contributed by atoms with Crippen molar-refractivity contribution in [1.82, 2.24) is 10.2 Å². The molecule has 0 aromatic carbocycles. The van der Waals surface area contributed by atoms with Crippen LogP contribution in [-0.4, -0.2) is 52.0 Å². The van der Waals surface area contributed by atoms with Gasteiger partial charge in [-0.2, -0.15) is 0 Å². The van der Waals surface area contributed by atoms with E-state index in [-0.39, 0.29) is 30.7 Å². The van der Waals surface area contributed by atoms with Crippen LogP contribution in [0.2, 0.25) is 0 Å². The van der Waals surface area contributed by atoms with Crippen LogP contribution in [0.3, 0.4) is 0 Å². The van der Waals surface area contributed by atoms with E-state index in [0.29, 0.717) is 17.5 Å². The van der Waals surface area contributed by atoms with Crippen molar-refractivity contribution in [2.45, 2.75) is 25.8 Å². The average Bonchev–Trinajstić information content (AvgIpc) is 2.91. The summed E-state index contributed by atoms with van der Waals surface area (Å²) in [5.41, 5.74) is 0. The number of nitrogens with zero attached hydrogens (tertiary/aromatic N) is 1. The Labute approximate surface area is 115 Å². The quantitative estimate of drug-likeness (QED) is 0.750. The van der Waals surface area contributed by atoms with Crippen LogP contribution in [0.1, 0.15) is 19.8 Å². The molecule has 7 heteroatoms. The van der Waals surface area contributed by atoms with Gasteiger partial charge in [0.25, 0.3) is 0 Å². The first kappa shape index (κ1) is 14.2. The fourth-order valence-corrected chi connectivity index (χ4v) is 3.32. The van der Waals surface area contributed by atoms with E-state index in [4.69, 9.17) is 5.11 Å². The number of thioether (sulfide) groups is 1. The van der Waals surface area contributed by atoms with Gasteiger partial charge in [-0.1, -0.05) is 6.92 Å². The number of rotatable bonds is 5. The zero-order valence-electron chi connectivity index (χ0n) is 10.8. The molecule has 106 valence electrons. The van der Waals surface area contributed by atoms with Gasteiger partial charge >= 0.3 is 5.97 Å². The zero-order valence-corrected chi connectivity index (χ0v) is 11.6. The predicted octanol–water partition coefficient (Wildman–Crippen LogP) is 0.135. The van der Waals surface area contributed by atoms with E-state index in [1.807, 2.05) is 6.92 Å². The molecule has 1 aliphatic carbocycles. The van der Waals surface area contributed by atoms with Crippen molar-refractivity contribution < 1.29 is 19.5 Å². The molecule has 2 amide bonds. The molecule has 1 aliphatic heterocycles. The molecule has 2 rings (SSSR count). The molecule has 3 unspecified atom stereocenters. The minimum atomic E-state index is -0.964. The number of nitrogens with one attached hydrogen (secondary N) is 1. The first-order valence-electron chi connectivity index (χ1n) is 6.38. The molecule has 1 saturated carbocycles. The van der Waals surface area contributed by atoms with E-state index in [0.717, 1.165) is 6.42 Å². The molecule has 2 aliphatic rings. The van der Waals surface area contributed by atoms with E-state index in [2.05, 4.69) is 5.32 Å². The first-order chi connectivity index (χ1) is 9.00. The SMILES string of the molecule is CC1CC1C(=O)NCCC(=O)N1CSCC1C(=O)O. The summed E-state index contributed by atoms with van der Waals surface area (Å²) in [4.78, 5) is 35.8. The second-order valence-corrected chi connectivity index (χ2v) is 6.08. The highest BCUT2D eigenvalue weighted by molar-refractivity contribution is 7.99. The highest BCUT2D eigenvalue weighted by Gasteiger charge is 2.39. The van der Waals surface area contributed by atoms with Gasteiger partial charge in [-0.25, -0.2) is 4.79 Å². The lowest BCUT2D eigenvalue weighted by molar-refractivity contribution is -0.147. The Morgan fingerprint density at radius 1 is 1.42 bits per heavy atom. The normalized spacial score (nSPS) is 29.1. The summed E-state index contributed by atoms with van der Waals surface area (Å²) < 4.78 is 0. The fraction of sp³-hybridized carbons (Fsp3) is 0.750. The predicted molar refractivity (Wildman–Crippen MR) is 70.5 cm³/mol. The van der Waals surface area contributed by atoms with Gasteiger partial charge in [0.1, 0.15) is 6.04 Å². The van der Waals surface area contributed by atoms with Crippen LogP contribution in [0.25, 0.3) is 0 Å². The molecule has 19 heavy (non-hydrogen) atoms. The van der Waals surface area contributed by atoms with Crippen molar-refractivity contribution >= 4 is 29.5 Å². The molecule has 6 nitrogen and oxygen atoms in total. The smallest absolute Gasteiger partial charge is 0.327 e. The van der Waals surface area contributed by atoms with Crippen LogP contribution in [0.5, 0.6) is 0 Å². The molecule has 0 radical (unpaired) electrons. The summed E-state index contributed by atoms with van der Waals surface area (Å²) in [5.74, 6) is 0.240. The van der Waals surface area contributed by atoms with Gasteiger partial charge in [-0.3, -0.25) is 9.59 Å². The van der Waals surface area contributed by atoms with E-state index in [1.165, 1.54) is 16.7 Å². The number of carbonyl (C=O) groups is 3. The van der Waals surface area contributed by atoms with Crippen molar-refractivity contribution in [3.63, 3.8) is 0 Å². The van der Waals surface area contributed by atoms with Gasteiger partial charge in [0.2, 0.25) is 11.8 Å². The molecular weight excluding hydrogens is 268 g/mol. The highest BCUT2D eigenvalue weighted by Crippen LogP contribution is 2.37. The van der Waals surface area contributed by atoms with Crippen LogP contribution >= 0.6 is 11.8 Å². The average molecular weight is 286 g/mol. The summed E-state index contributed by atoms with van der Waals surface area (Å²) in [6, 6.07) is -0.725. The first-order valence-corrected chi connectivity index (χ1v) is 7.54. The molecule has 0 bridgehead atoms. The minimum absolute atomic E-state index is 0.00545. The lowest BCUT2D eigenvalue weighted by Gasteiger charge is -2.20. The molecule has 2 N–H and O–H groups in total. The van der Waals surface area contributed by atoms with Crippen LogP contribution in [0, 0.1) is 11.8 Å². The van der Waals surface area contributed by atoms with Crippen molar-refractivity contribution in [3.8, 4) is 0 Å². The van der Waals surface area contributed by atoms with Gasteiger partial charge in [-0.15, -0.1) is 11.8 Å². The van der Waals surface area contributed by atoms with E-state index < -0.39 is 12.0 Å². The second kappa shape index (κ2) is 5.81. The number of hydrogen-bond donors (Lipinski definition) is 2. The monoisotopic (exact) mass is 286 g/mol. The zero-order chi connectivity index (χ0) is 14.0. The molecular formula is C12H18N2O4S. The maximum absolute atomic E-state index is 11.9. The summed E-state index contributed by atoms with van der Waals surface area (Å²) in [6.45, 7) is 2.31. The fourth-order valence-electron chi connectivity index (χ4n) is 2.15. The van der Waals surface area contributed by atoms with Crippen molar-refractivity contribution in [2.24, 2.45) is 11.8 Å². The Hall–Kier alpha value is -1.24. The molecule has 1 saturated heterocycles. The molecule has 3 atom stereocenters. The third-order valence-corrected chi connectivity index (χ3v) is 4.58. The Bertz CT molecular complexity index is 401. The Morgan fingerprint density at radius 2 is 2.11 bits per heavy atom. The van der Waals surface area contributed by atoms with Crippen molar-refractivity contribution in [1.29, 1.82) is 0 Å². The third kappa shape index (κ3) is 3.40. The van der Waals surface area contributed by atoms with E-state index in [9.17, 15) is 14.4 Å². The highest BCUT2D eigenvalue weighted by atomic mass is 32.2. The van der Waals surface area contributed by atoms with Gasteiger partial charge in [0.05, 0.1) is 5.88 Å².